The van der Waals surface area contributed by atoms with Gasteiger partial charge in [0.05, 0.1) is 24.0 Å². The lowest BCUT2D eigenvalue weighted by atomic mass is 10.1. The standard InChI is InChI=1S/C16H21N3O/c1-11(2)20-13-7-5-12(6-8-13)15-10-18-16(19-15)14-4-3-9-17-14/h5-8,10-11,14,17H,3-4,9H2,1-2H3,(H,18,19). The Labute approximate surface area is 119 Å². The van der Waals surface area contributed by atoms with E-state index in [0.29, 0.717) is 6.04 Å². The molecule has 1 unspecified atom stereocenters. The van der Waals surface area contributed by atoms with Crippen molar-refractivity contribution in [2.75, 3.05) is 6.54 Å². The number of rotatable bonds is 4. The zero-order valence-corrected chi connectivity index (χ0v) is 12.0. The van der Waals surface area contributed by atoms with Gasteiger partial charge >= 0.3 is 0 Å². The van der Waals surface area contributed by atoms with Gasteiger partial charge in [-0.05, 0) is 63.1 Å². The number of benzene rings is 1. The van der Waals surface area contributed by atoms with Crippen molar-refractivity contribution in [2.45, 2.75) is 38.8 Å². The second-order valence-corrected chi connectivity index (χ2v) is 5.52. The normalized spacial score (nSPS) is 18.6. The molecule has 1 atom stereocenters. The van der Waals surface area contributed by atoms with Crippen LogP contribution in [0.25, 0.3) is 11.3 Å². The van der Waals surface area contributed by atoms with E-state index in [-0.39, 0.29) is 6.10 Å². The number of nitrogens with zero attached hydrogens (tertiary/aromatic N) is 1. The monoisotopic (exact) mass is 271 g/mol. The van der Waals surface area contributed by atoms with Gasteiger partial charge in [-0.3, -0.25) is 0 Å². The van der Waals surface area contributed by atoms with Crippen molar-refractivity contribution in [1.29, 1.82) is 0 Å². The molecule has 1 aromatic heterocycles. The molecule has 2 N–H and O–H groups in total. The highest BCUT2D eigenvalue weighted by Gasteiger charge is 2.19. The summed E-state index contributed by atoms with van der Waals surface area (Å²) < 4.78 is 5.66. The van der Waals surface area contributed by atoms with Crippen LogP contribution in [0.2, 0.25) is 0 Å². The van der Waals surface area contributed by atoms with Crippen LogP contribution in [-0.2, 0) is 0 Å². The van der Waals surface area contributed by atoms with Crippen molar-refractivity contribution >= 4 is 0 Å². The summed E-state index contributed by atoms with van der Waals surface area (Å²) in [5, 5.41) is 3.45. The minimum atomic E-state index is 0.202. The first-order chi connectivity index (χ1) is 9.72. The van der Waals surface area contributed by atoms with Crippen molar-refractivity contribution < 1.29 is 4.74 Å². The maximum Gasteiger partial charge on any atom is 0.123 e. The van der Waals surface area contributed by atoms with Gasteiger partial charge in [-0.15, -0.1) is 0 Å². The molecule has 1 aliphatic rings. The number of aromatic nitrogens is 2. The highest BCUT2D eigenvalue weighted by Crippen LogP contribution is 2.25. The molecule has 1 fully saturated rings. The van der Waals surface area contributed by atoms with Crippen molar-refractivity contribution in [2.24, 2.45) is 0 Å². The molecule has 4 heteroatoms. The summed E-state index contributed by atoms with van der Waals surface area (Å²) in [7, 11) is 0. The molecule has 1 aliphatic heterocycles. The quantitative estimate of drug-likeness (QED) is 0.897. The van der Waals surface area contributed by atoms with E-state index >= 15 is 0 Å². The zero-order chi connectivity index (χ0) is 13.9. The van der Waals surface area contributed by atoms with E-state index in [2.05, 4.69) is 27.4 Å². The number of hydrogen-bond donors (Lipinski definition) is 2. The van der Waals surface area contributed by atoms with Gasteiger partial charge in [-0.1, -0.05) is 0 Å². The Morgan fingerprint density at radius 2 is 2.05 bits per heavy atom. The van der Waals surface area contributed by atoms with Gasteiger partial charge in [0.25, 0.3) is 0 Å². The lowest BCUT2D eigenvalue weighted by Crippen LogP contribution is -2.14. The highest BCUT2D eigenvalue weighted by atomic mass is 16.5. The van der Waals surface area contributed by atoms with Gasteiger partial charge in [0.15, 0.2) is 0 Å². The van der Waals surface area contributed by atoms with Crippen LogP contribution < -0.4 is 10.1 Å². The van der Waals surface area contributed by atoms with Gasteiger partial charge in [-0.25, -0.2) is 4.98 Å². The molecule has 4 nitrogen and oxygen atoms in total. The molecule has 0 aliphatic carbocycles. The Morgan fingerprint density at radius 3 is 2.70 bits per heavy atom. The van der Waals surface area contributed by atoms with Crippen LogP contribution in [0.1, 0.15) is 38.6 Å². The summed E-state index contributed by atoms with van der Waals surface area (Å²) in [5.74, 6) is 1.95. The van der Waals surface area contributed by atoms with Gasteiger partial charge in [0, 0.05) is 0 Å². The first-order valence-electron chi connectivity index (χ1n) is 7.28. The topological polar surface area (TPSA) is 49.9 Å². The Morgan fingerprint density at radius 1 is 1.25 bits per heavy atom. The molecule has 1 saturated heterocycles. The van der Waals surface area contributed by atoms with E-state index < -0.39 is 0 Å². The van der Waals surface area contributed by atoms with Crippen LogP contribution in [-0.4, -0.2) is 22.6 Å². The minimum Gasteiger partial charge on any atom is -0.491 e. The molecular formula is C16H21N3O. The van der Waals surface area contributed by atoms with Gasteiger partial charge < -0.3 is 15.0 Å². The Bertz CT molecular complexity index is 553. The maximum absolute atomic E-state index is 5.66. The summed E-state index contributed by atoms with van der Waals surface area (Å²) in [5.41, 5.74) is 2.20. The molecule has 1 aromatic carbocycles. The van der Waals surface area contributed by atoms with Gasteiger partial charge in [-0.2, -0.15) is 0 Å². The smallest absolute Gasteiger partial charge is 0.123 e. The Hall–Kier alpha value is -1.81. The molecule has 3 rings (SSSR count). The predicted molar refractivity (Wildman–Crippen MR) is 79.8 cm³/mol. The molecule has 0 bridgehead atoms. The largest absolute Gasteiger partial charge is 0.491 e. The molecule has 0 amide bonds. The first kappa shape index (κ1) is 13.2. The molecule has 20 heavy (non-hydrogen) atoms. The fourth-order valence-corrected chi connectivity index (χ4v) is 2.56. The second kappa shape index (κ2) is 5.67. The molecular weight excluding hydrogens is 250 g/mol. The molecule has 0 saturated carbocycles. The molecule has 0 spiro atoms. The van der Waals surface area contributed by atoms with Gasteiger partial charge in [0.2, 0.25) is 0 Å². The van der Waals surface area contributed by atoms with Crippen molar-refractivity contribution in [1.82, 2.24) is 15.3 Å². The van der Waals surface area contributed by atoms with Crippen LogP contribution in [0.4, 0.5) is 0 Å². The summed E-state index contributed by atoms with van der Waals surface area (Å²) >= 11 is 0. The number of nitrogens with one attached hydrogen (secondary N) is 2. The Balaban J connectivity index is 1.75. The average Bonchev–Trinajstić information content (AvgIpc) is 3.10. The highest BCUT2D eigenvalue weighted by molar-refractivity contribution is 5.59. The summed E-state index contributed by atoms with van der Waals surface area (Å²) in [6.45, 7) is 5.15. The fraction of sp³-hybridized carbons (Fsp3) is 0.438. The third kappa shape index (κ3) is 2.85. The number of imidazole rings is 1. The number of hydrogen-bond acceptors (Lipinski definition) is 3. The minimum absolute atomic E-state index is 0.202. The average molecular weight is 271 g/mol. The Kier molecular flexibility index (Phi) is 3.74. The second-order valence-electron chi connectivity index (χ2n) is 5.52. The van der Waals surface area contributed by atoms with E-state index in [0.717, 1.165) is 35.8 Å². The van der Waals surface area contributed by atoms with E-state index in [1.165, 1.54) is 6.42 Å². The van der Waals surface area contributed by atoms with Gasteiger partial charge in [0.1, 0.15) is 11.6 Å². The molecule has 106 valence electrons. The summed E-state index contributed by atoms with van der Waals surface area (Å²) in [6.07, 6.45) is 4.50. The lowest BCUT2D eigenvalue weighted by Gasteiger charge is -2.09. The van der Waals surface area contributed by atoms with Crippen molar-refractivity contribution in [3.8, 4) is 17.0 Å². The van der Waals surface area contributed by atoms with Crippen LogP contribution in [0, 0.1) is 0 Å². The molecule has 2 heterocycles. The summed E-state index contributed by atoms with van der Waals surface area (Å²) in [6, 6.07) is 8.52. The van der Waals surface area contributed by atoms with E-state index in [1.807, 2.05) is 32.2 Å². The van der Waals surface area contributed by atoms with Crippen LogP contribution in [0.3, 0.4) is 0 Å². The van der Waals surface area contributed by atoms with Crippen LogP contribution in [0.5, 0.6) is 5.75 Å². The number of H-pyrrole nitrogens is 1. The van der Waals surface area contributed by atoms with Crippen LogP contribution >= 0.6 is 0 Å². The zero-order valence-electron chi connectivity index (χ0n) is 12.0. The predicted octanol–water partition coefficient (Wildman–Crippen LogP) is 3.29. The third-order valence-electron chi connectivity index (χ3n) is 3.52. The van der Waals surface area contributed by atoms with Crippen molar-refractivity contribution in [3.63, 3.8) is 0 Å². The van der Waals surface area contributed by atoms with E-state index in [1.54, 1.807) is 0 Å². The first-order valence-corrected chi connectivity index (χ1v) is 7.28. The SMILES string of the molecule is CC(C)Oc1ccc(-c2cnc(C3CCCN3)[nH]2)cc1. The molecule has 0 radical (unpaired) electrons. The molecule has 2 aromatic rings. The van der Waals surface area contributed by atoms with E-state index in [4.69, 9.17) is 4.74 Å². The van der Waals surface area contributed by atoms with Crippen molar-refractivity contribution in [3.05, 3.63) is 36.3 Å². The van der Waals surface area contributed by atoms with Crippen LogP contribution in [0.15, 0.2) is 30.5 Å². The fourth-order valence-electron chi connectivity index (χ4n) is 2.56. The third-order valence-corrected chi connectivity index (χ3v) is 3.52. The number of ether oxygens (including phenoxy) is 1. The maximum atomic E-state index is 5.66. The number of aromatic amines is 1. The summed E-state index contributed by atoms with van der Waals surface area (Å²) in [4.78, 5) is 7.91. The lowest BCUT2D eigenvalue weighted by molar-refractivity contribution is 0.242. The van der Waals surface area contributed by atoms with E-state index in [9.17, 15) is 0 Å².